The molecule has 3 N–H and O–H groups in total. The first-order valence-corrected chi connectivity index (χ1v) is 5.52. The van der Waals surface area contributed by atoms with Crippen molar-refractivity contribution in [2.75, 3.05) is 18.2 Å². The molecule has 0 radical (unpaired) electrons. The van der Waals surface area contributed by atoms with Crippen molar-refractivity contribution in [2.45, 2.75) is 0 Å². The topological polar surface area (TPSA) is 110 Å². The van der Waals surface area contributed by atoms with Crippen molar-refractivity contribution >= 4 is 29.2 Å². The lowest BCUT2D eigenvalue weighted by atomic mass is 10.2. The molecule has 0 aliphatic heterocycles. The summed E-state index contributed by atoms with van der Waals surface area (Å²) in [5.74, 6) is 0.232. The Hall–Kier alpha value is -2.59. The summed E-state index contributed by atoms with van der Waals surface area (Å²) in [6.45, 7) is 0. The van der Waals surface area contributed by atoms with Gasteiger partial charge in [-0.2, -0.15) is 20.2 Å². The third kappa shape index (κ3) is 3.00. The molecule has 7 nitrogen and oxygen atoms in total. The lowest BCUT2D eigenvalue weighted by Gasteiger charge is -2.08. The van der Waals surface area contributed by atoms with Gasteiger partial charge in [0.05, 0.1) is 29.5 Å². The monoisotopic (exact) mass is 276 g/mol. The Balaban J connectivity index is 2.31. The predicted molar refractivity (Wildman–Crippen MR) is 70.2 cm³/mol. The van der Waals surface area contributed by atoms with Crippen LogP contribution in [0.25, 0.3) is 0 Å². The summed E-state index contributed by atoms with van der Waals surface area (Å²) in [5.41, 5.74) is 6.52. The molecule has 0 aliphatic carbocycles. The summed E-state index contributed by atoms with van der Waals surface area (Å²) < 4.78 is 4.88. The van der Waals surface area contributed by atoms with Crippen molar-refractivity contribution in [2.24, 2.45) is 0 Å². The fourth-order valence-electron chi connectivity index (χ4n) is 1.33. The van der Waals surface area contributed by atoms with Gasteiger partial charge in [0.15, 0.2) is 0 Å². The van der Waals surface area contributed by atoms with Gasteiger partial charge < -0.3 is 15.8 Å². The highest BCUT2D eigenvalue weighted by Crippen LogP contribution is 2.25. The maximum Gasteiger partial charge on any atom is 0.322 e. The van der Waals surface area contributed by atoms with E-state index in [2.05, 4.69) is 20.3 Å². The summed E-state index contributed by atoms with van der Waals surface area (Å²) in [7, 11) is 1.42. The molecule has 96 valence electrons. The second kappa shape index (κ2) is 5.37. The molecule has 0 spiro atoms. The number of ether oxygens (including phenoxy) is 1. The Morgan fingerprint density at radius 1 is 1.37 bits per heavy atom. The maximum atomic E-state index is 8.75. The number of nitrogens with two attached hydrogens (primary N) is 1. The molecule has 2 aromatic rings. The number of aromatic nitrogens is 3. The molecule has 1 aromatic carbocycles. The van der Waals surface area contributed by atoms with Crippen LogP contribution in [0.15, 0.2) is 18.2 Å². The average molecular weight is 277 g/mol. The molecule has 0 atom stereocenters. The van der Waals surface area contributed by atoms with E-state index < -0.39 is 0 Å². The van der Waals surface area contributed by atoms with Crippen LogP contribution in [-0.4, -0.2) is 22.1 Å². The molecule has 0 bridgehead atoms. The second-order valence-corrected chi connectivity index (χ2v) is 3.84. The molecule has 0 saturated heterocycles. The zero-order valence-electron chi connectivity index (χ0n) is 9.88. The Morgan fingerprint density at radius 3 is 2.79 bits per heavy atom. The fourth-order valence-corrected chi connectivity index (χ4v) is 1.55. The van der Waals surface area contributed by atoms with Crippen LogP contribution in [0.4, 0.5) is 17.6 Å². The van der Waals surface area contributed by atoms with Gasteiger partial charge in [0.1, 0.15) is 0 Å². The van der Waals surface area contributed by atoms with Gasteiger partial charge in [-0.15, -0.1) is 0 Å². The molecule has 19 heavy (non-hydrogen) atoms. The number of rotatable bonds is 3. The zero-order chi connectivity index (χ0) is 13.8. The summed E-state index contributed by atoms with van der Waals surface area (Å²) >= 11 is 6.02. The number of nitrogens with one attached hydrogen (secondary N) is 1. The van der Waals surface area contributed by atoms with Gasteiger partial charge in [0, 0.05) is 0 Å². The minimum atomic E-state index is 0.0270. The normalized spacial score (nSPS) is 9.74. The lowest BCUT2D eigenvalue weighted by molar-refractivity contribution is 0.380. The Kier molecular flexibility index (Phi) is 3.63. The number of methoxy groups -OCH3 is 1. The zero-order valence-corrected chi connectivity index (χ0v) is 10.6. The first-order valence-electron chi connectivity index (χ1n) is 5.14. The number of anilines is 3. The van der Waals surface area contributed by atoms with E-state index in [4.69, 9.17) is 27.3 Å². The molecule has 1 aromatic heterocycles. The number of hydrogen-bond acceptors (Lipinski definition) is 7. The van der Waals surface area contributed by atoms with Crippen LogP contribution >= 0.6 is 11.6 Å². The van der Waals surface area contributed by atoms with Crippen LogP contribution in [-0.2, 0) is 0 Å². The van der Waals surface area contributed by atoms with E-state index in [0.29, 0.717) is 16.3 Å². The van der Waals surface area contributed by atoms with Crippen molar-refractivity contribution < 1.29 is 4.74 Å². The number of nitriles is 1. The van der Waals surface area contributed by atoms with Crippen molar-refractivity contribution in [1.82, 2.24) is 15.0 Å². The van der Waals surface area contributed by atoms with Gasteiger partial charge in [-0.05, 0) is 18.2 Å². The summed E-state index contributed by atoms with van der Waals surface area (Å²) in [6.07, 6.45) is 0. The minimum absolute atomic E-state index is 0.0270. The van der Waals surface area contributed by atoms with Gasteiger partial charge >= 0.3 is 6.01 Å². The van der Waals surface area contributed by atoms with Crippen LogP contribution in [0.5, 0.6) is 6.01 Å². The summed E-state index contributed by atoms with van der Waals surface area (Å²) in [4.78, 5) is 11.6. The Labute approximate surface area is 114 Å². The van der Waals surface area contributed by atoms with E-state index in [1.807, 2.05) is 6.07 Å². The highest BCUT2D eigenvalue weighted by Gasteiger charge is 2.07. The first-order chi connectivity index (χ1) is 9.12. The number of nitrogens with zero attached hydrogens (tertiary/aromatic N) is 4. The van der Waals surface area contributed by atoms with Crippen LogP contribution < -0.4 is 15.8 Å². The minimum Gasteiger partial charge on any atom is -0.467 e. The van der Waals surface area contributed by atoms with Crippen molar-refractivity contribution in [1.29, 1.82) is 5.26 Å². The number of benzene rings is 1. The first kappa shape index (κ1) is 12.9. The standard InChI is InChI=1S/C11H9ClN6O/c1-19-11-17-9(14)16-10(18-11)15-8-3-2-6(5-13)4-7(8)12/h2-4H,1H3,(H3,14,15,16,17,18). The second-order valence-electron chi connectivity index (χ2n) is 3.44. The van der Waals surface area contributed by atoms with Gasteiger partial charge in [-0.25, -0.2) is 0 Å². The quantitative estimate of drug-likeness (QED) is 0.878. The van der Waals surface area contributed by atoms with Crippen molar-refractivity contribution in [3.8, 4) is 12.1 Å². The van der Waals surface area contributed by atoms with E-state index in [0.717, 1.165) is 0 Å². The summed E-state index contributed by atoms with van der Waals surface area (Å²) in [6, 6.07) is 6.89. The van der Waals surface area contributed by atoms with Gasteiger partial charge in [0.2, 0.25) is 11.9 Å². The number of nitrogen functional groups attached to an aromatic ring is 1. The van der Waals surface area contributed by atoms with Crippen LogP contribution in [0.2, 0.25) is 5.02 Å². The molecular formula is C11H9ClN6O. The molecule has 2 rings (SSSR count). The molecule has 8 heteroatoms. The predicted octanol–water partition coefficient (Wildman–Crippen LogP) is 1.73. The summed E-state index contributed by atoms with van der Waals surface area (Å²) in [5, 5.41) is 12.0. The van der Waals surface area contributed by atoms with Crippen molar-refractivity contribution in [3.05, 3.63) is 28.8 Å². The van der Waals surface area contributed by atoms with E-state index in [-0.39, 0.29) is 17.9 Å². The molecular weight excluding hydrogens is 268 g/mol. The van der Waals surface area contributed by atoms with Crippen LogP contribution in [0.3, 0.4) is 0 Å². The number of hydrogen-bond donors (Lipinski definition) is 2. The van der Waals surface area contributed by atoms with Gasteiger partial charge in [0.25, 0.3) is 0 Å². The highest BCUT2D eigenvalue weighted by molar-refractivity contribution is 6.33. The SMILES string of the molecule is COc1nc(N)nc(Nc2ccc(C#N)cc2Cl)n1. The maximum absolute atomic E-state index is 8.75. The largest absolute Gasteiger partial charge is 0.467 e. The third-order valence-electron chi connectivity index (χ3n) is 2.16. The molecule has 0 aliphatic rings. The highest BCUT2D eigenvalue weighted by atomic mass is 35.5. The lowest BCUT2D eigenvalue weighted by Crippen LogP contribution is -2.05. The molecule has 0 saturated carbocycles. The molecule has 1 heterocycles. The molecule has 0 unspecified atom stereocenters. The smallest absolute Gasteiger partial charge is 0.322 e. The number of halogens is 1. The van der Waals surface area contributed by atoms with E-state index in [1.165, 1.54) is 13.2 Å². The van der Waals surface area contributed by atoms with Gasteiger partial charge in [-0.3, -0.25) is 0 Å². The van der Waals surface area contributed by atoms with E-state index in [9.17, 15) is 0 Å². The third-order valence-corrected chi connectivity index (χ3v) is 2.47. The van der Waals surface area contributed by atoms with Crippen LogP contribution in [0, 0.1) is 11.3 Å². The van der Waals surface area contributed by atoms with E-state index in [1.54, 1.807) is 12.1 Å². The van der Waals surface area contributed by atoms with Crippen LogP contribution in [0.1, 0.15) is 5.56 Å². The molecule has 0 amide bonds. The fraction of sp³-hybridized carbons (Fsp3) is 0.0909. The molecule has 0 fully saturated rings. The average Bonchev–Trinajstić information content (AvgIpc) is 2.40. The Bertz CT molecular complexity index is 654. The Morgan fingerprint density at radius 2 is 2.16 bits per heavy atom. The van der Waals surface area contributed by atoms with E-state index >= 15 is 0 Å². The van der Waals surface area contributed by atoms with Crippen molar-refractivity contribution in [3.63, 3.8) is 0 Å². The van der Waals surface area contributed by atoms with Gasteiger partial charge in [-0.1, -0.05) is 11.6 Å².